The minimum Gasteiger partial charge on any atom is -0.336 e. The minimum atomic E-state index is -5.67. The van der Waals surface area contributed by atoms with Crippen molar-refractivity contribution in [2.45, 2.75) is 32.0 Å². The van der Waals surface area contributed by atoms with E-state index in [9.17, 15) is 26.7 Å². The van der Waals surface area contributed by atoms with Crippen LogP contribution < -0.4 is 5.32 Å². The number of nitrogens with one attached hydrogen (secondary N) is 1. The van der Waals surface area contributed by atoms with Crippen molar-refractivity contribution in [3.05, 3.63) is 34.9 Å². The Morgan fingerprint density at radius 3 is 2.43 bits per heavy atom. The van der Waals surface area contributed by atoms with Crippen molar-refractivity contribution in [2.75, 3.05) is 19.6 Å². The van der Waals surface area contributed by atoms with Crippen LogP contribution in [0.5, 0.6) is 0 Å². The Kier molecular flexibility index (Phi) is 4.66. The van der Waals surface area contributed by atoms with E-state index in [0.717, 1.165) is 12.1 Å². The van der Waals surface area contributed by atoms with E-state index in [1.165, 1.54) is 6.92 Å². The Morgan fingerprint density at radius 1 is 1.26 bits per heavy atom. The number of piperazine rings is 1. The number of amides is 1. The number of carbonyl (C=O) groups is 1. The summed E-state index contributed by atoms with van der Waals surface area (Å²) in [4.78, 5) is 14.0. The smallest absolute Gasteiger partial charge is 0.336 e. The first-order valence-corrected chi connectivity index (χ1v) is 7.12. The molecule has 1 saturated heterocycles. The third-order valence-corrected chi connectivity index (χ3v) is 3.83. The van der Waals surface area contributed by atoms with Crippen molar-refractivity contribution >= 4 is 5.91 Å². The molecule has 0 radical (unpaired) electrons. The van der Waals surface area contributed by atoms with Crippen molar-refractivity contribution < 1.29 is 26.7 Å². The first-order chi connectivity index (χ1) is 10.5. The maximum Gasteiger partial charge on any atom is 0.458 e. The van der Waals surface area contributed by atoms with E-state index in [-0.39, 0.29) is 23.1 Å². The van der Waals surface area contributed by atoms with Gasteiger partial charge in [0.25, 0.3) is 5.91 Å². The number of hydrogen-bond donors (Lipinski definition) is 1. The number of benzene rings is 1. The fourth-order valence-corrected chi connectivity index (χ4v) is 2.55. The second kappa shape index (κ2) is 6.07. The highest BCUT2D eigenvalue weighted by molar-refractivity contribution is 5.95. The SMILES string of the molecule is Cc1cc(C(F)(F)C(F)(F)F)ccc1C(=O)N1CCN[C@H](C)C1. The normalized spacial score (nSPS) is 19.8. The van der Waals surface area contributed by atoms with Crippen LogP contribution in [0.1, 0.15) is 28.4 Å². The summed E-state index contributed by atoms with van der Waals surface area (Å²) in [7, 11) is 0. The quantitative estimate of drug-likeness (QED) is 0.842. The van der Waals surface area contributed by atoms with E-state index in [1.54, 1.807) is 4.90 Å². The van der Waals surface area contributed by atoms with Crippen LogP contribution >= 0.6 is 0 Å². The van der Waals surface area contributed by atoms with Crippen LogP contribution in [0.3, 0.4) is 0 Å². The van der Waals surface area contributed by atoms with Crippen LogP contribution in [0.2, 0.25) is 0 Å². The van der Waals surface area contributed by atoms with Crippen LogP contribution in [0.15, 0.2) is 18.2 Å². The third kappa shape index (κ3) is 3.46. The Balaban J connectivity index is 2.28. The van der Waals surface area contributed by atoms with Crippen LogP contribution in [-0.2, 0) is 5.92 Å². The van der Waals surface area contributed by atoms with E-state index in [0.29, 0.717) is 25.7 Å². The Bertz CT molecular complexity index is 600. The van der Waals surface area contributed by atoms with Gasteiger partial charge in [-0.15, -0.1) is 0 Å². The Labute approximate surface area is 130 Å². The molecule has 0 saturated carbocycles. The molecule has 8 heteroatoms. The first kappa shape index (κ1) is 17.7. The molecule has 1 fully saturated rings. The molecule has 1 aliphatic heterocycles. The monoisotopic (exact) mass is 336 g/mol. The van der Waals surface area contributed by atoms with Crippen molar-refractivity contribution in [1.82, 2.24) is 10.2 Å². The molecule has 1 heterocycles. The molecule has 3 nitrogen and oxygen atoms in total. The van der Waals surface area contributed by atoms with Crippen molar-refractivity contribution in [1.29, 1.82) is 0 Å². The highest BCUT2D eigenvalue weighted by Crippen LogP contribution is 2.44. The summed E-state index contributed by atoms with van der Waals surface area (Å²) in [6.45, 7) is 4.78. The minimum absolute atomic E-state index is 0.0989. The lowest BCUT2D eigenvalue weighted by Crippen LogP contribution is -2.51. The van der Waals surface area contributed by atoms with Gasteiger partial charge in [-0.2, -0.15) is 22.0 Å². The molecule has 1 atom stereocenters. The largest absolute Gasteiger partial charge is 0.458 e. The molecule has 23 heavy (non-hydrogen) atoms. The molecule has 1 amide bonds. The molecular formula is C15H17F5N2O. The topological polar surface area (TPSA) is 32.3 Å². The van der Waals surface area contributed by atoms with Gasteiger partial charge in [0.2, 0.25) is 0 Å². The number of aryl methyl sites for hydroxylation is 1. The third-order valence-electron chi connectivity index (χ3n) is 3.83. The molecule has 1 N–H and O–H groups in total. The molecule has 2 rings (SSSR count). The lowest BCUT2D eigenvalue weighted by atomic mass is 9.99. The van der Waals surface area contributed by atoms with Gasteiger partial charge in [0.1, 0.15) is 0 Å². The summed E-state index contributed by atoms with van der Waals surface area (Å²) in [5.41, 5.74) is -0.920. The average molecular weight is 336 g/mol. The number of carbonyl (C=O) groups excluding carboxylic acids is 1. The summed E-state index contributed by atoms with van der Waals surface area (Å²) in [5.74, 6) is -5.30. The van der Waals surface area contributed by atoms with Crippen molar-refractivity contribution in [3.8, 4) is 0 Å². The van der Waals surface area contributed by atoms with Gasteiger partial charge in [-0.1, -0.05) is 6.07 Å². The highest BCUT2D eigenvalue weighted by atomic mass is 19.4. The second-order valence-electron chi connectivity index (χ2n) is 5.71. The van der Waals surface area contributed by atoms with Gasteiger partial charge >= 0.3 is 12.1 Å². The van der Waals surface area contributed by atoms with E-state index >= 15 is 0 Å². The van der Waals surface area contributed by atoms with E-state index in [4.69, 9.17) is 0 Å². The summed E-state index contributed by atoms with van der Waals surface area (Å²) in [6.07, 6.45) is -5.67. The zero-order valence-corrected chi connectivity index (χ0v) is 12.7. The van der Waals surface area contributed by atoms with Crippen LogP contribution in [-0.4, -0.2) is 42.7 Å². The van der Waals surface area contributed by atoms with Crippen LogP contribution in [0.4, 0.5) is 22.0 Å². The average Bonchev–Trinajstić information content (AvgIpc) is 2.45. The van der Waals surface area contributed by atoms with Gasteiger partial charge in [-0.05, 0) is 31.5 Å². The Hall–Kier alpha value is -1.70. The van der Waals surface area contributed by atoms with Gasteiger partial charge in [0.15, 0.2) is 0 Å². The summed E-state index contributed by atoms with van der Waals surface area (Å²) < 4.78 is 63.9. The first-order valence-electron chi connectivity index (χ1n) is 7.12. The molecule has 1 aromatic rings. The fraction of sp³-hybridized carbons (Fsp3) is 0.533. The number of halogens is 5. The second-order valence-corrected chi connectivity index (χ2v) is 5.71. The van der Waals surface area contributed by atoms with Crippen molar-refractivity contribution in [2.24, 2.45) is 0 Å². The van der Waals surface area contributed by atoms with Gasteiger partial charge in [0, 0.05) is 36.8 Å². The molecule has 0 aliphatic carbocycles. The molecule has 0 unspecified atom stereocenters. The molecule has 128 valence electrons. The lowest BCUT2D eigenvalue weighted by Gasteiger charge is -2.32. The van der Waals surface area contributed by atoms with Crippen molar-refractivity contribution in [3.63, 3.8) is 0 Å². The summed E-state index contributed by atoms with van der Waals surface area (Å²) >= 11 is 0. The van der Waals surface area contributed by atoms with Gasteiger partial charge in [-0.25, -0.2) is 0 Å². The van der Waals surface area contributed by atoms with Crippen LogP contribution in [0, 0.1) is 6.92 Å². The molecule has 1 aliphatic rings. The molecular weight excluding hydrogens is 319 g/mol. The van der Waals surface area contributed by atoms with Gasteiger partial charge < -0.3 is 10.2 Å². The number of hydrogen-bond acceptors (Lipinski definition) is 2. The maximum atomic E-state index is 13.4. The van der Waals surface area contributed by atoms with E-state index in [2.05, 4.69) is 5.32 Å². The zero-order valence-electron chi connectivity index (χ0n) is 12.7. The number of alkyl halides is 5. The summed E-state index contributed by atoms with van der Waals surface area (Å²) in [5, 5.41) is 3.16. The van der Waals surface area contributed by atoms with Crippen LogP contribution in [0.25, 0.3) is 0 Å². The van der Waals surface area contributed by atoms with E-state index in [1.807, 2.05) is 6.92 Å². The zero-order chi connectivity index (χ0) is 17.4. The predicted octanol–water partition coefficient (Wildman–Crippen LogP) is 3.08. The number of rotatable bonds is 2. The predicted molar refractivity (Wildman–Crippen MR) is 74.5 cm³/mol. The highest BCUT2D eigenvalue weighted by Gasteiger charge is 2.58. The maximum absolute atomic E-state index is 13.4. The standard InChI is InChI=1S/C15H17F5N2O/c1-9-7-11(14(16,17)15(18,19)20)3-4-12(9)13(23)22-6-5-21-10(2)8-22/h3-4,7,10,21H,5-6,8H2,1-2H3/t10-/m1/s1. The molecule has 0 aromatic heterocycles. The molecule has 0 spiro atoms. The molecule has 1 aromatic carbocycles. The fourth-order valence-electron chi connectivity index (χ4n) is 2.55. The van der Waals surface area contributed by atoms with Gasteiger partial charge in [0.05, 0.1) is 0 Å². The molecule has 0 bridgehead atoms. The lowest BCUT2D eigenvalue weighted by molar-refractivity contribution is -0.289. The Morgan fingerprint density at radius 2 is 1.91 bits per heavy atom. The number of nitrogens with zero attached hydrogens (tertiary/aromatic N) is 1. The van der Waals surface area contributed by atoms with Gasteiger partial charge in [-0.3, -0.25) is 4.79 Å². The van der Waals surface area contributed by atoms with E-state index < -0.39 is 17.7 Å². The summed E-state index contributed by atoms with van der Waals surface area (Å²) in [6, 6.07) is 2.53.